The molecule has 0 atom stereocenters. The molecule has 2 aromatic carbocycles. The topological polar surface area (TPSA) is 88.2 Å². The molecule has 26 heavy (non-hydrogen) atoms. The summed E-state index contributed by atoms with van der Waals surface area (Å²) >= 11 is 1.26. The molecule has 3 aromatic rings. The highest BCUT2D eigenvalue weighted by Crippen LogP contribution is 2.15. The van der Waals surface area contributed by atoms with Crippen molar-refractivity contribution in [2.24, 2.45) is 0 Å². The summed E-state index contributed by atoms with van der Waals surface area (Å²) < 4.78 is 11.6. The number of hydrogen-bond donors (Lipinski definition) is 2. The highest BCUT2D eigenvalue weighted by molar-refractivity contribution is 7.99. The minimum absolute atomic E-state index is 0.111. The van der Waals surface area contributed by atoms with Gasteiger partial charge < -0.3 is 10.1 Å². The van der Waals surface area contributed by atoms with Crippen LogP contribution in [0.3, 0.4) is 0 Å². The number of methoxy groups -OCH3 is 1. The lowest BCUT2D eigenvalue weighted by atomic mass is 10.3. The lowest BCUT2D eigenvalue weighted by Gasteiger charge is -2.03. The number of carbonyl (C=O) groups is 1. The molecular weight excluding hydrogens is 354 g/mol. The minimum Gasteiger partial charge on any atom is -0.497 e. The lowest BCUT2D eigenvalue weighted by Crippen LogP contribution is -2.36. The van der Waals surface area contributed by atoms with Gasteiger partial charge in [-0.2, -0.15) is 0 Å². The maximum absolute atomic E-state index is 12.0. The van der Waals surface area contributed by atoms with E-state index in [0.717, 1.165) is 11.4 Å². The van der Waals surface area contributed by atoms with Crippen LogP contribution in [0.1, 0.15) is 6.42 Å². The number of hydrogen-bond acceptors (Lipinski definition) is 5. The third-order valence-electron chi connectivity index (χ3n) is 3.56. The third-order valence-corrected chi connectivity index (χ3v) is 4.59. The molecule has 0 unspecified atom stereocenters. The quantitative estimate of drug-likeness (QED) is 0.491. The first-order valence-electron chi connectivity index (χ1n) is 7.93. The predicted octanol–water partition coefficient (Wildman–Crippen LogP) is 2.37. The fourth-order valence-corrected chi connectivity index (χ4v) is 3.19. The molecular formula is C18H18N3O4S+. The Hall–Kier alpha value is -3.00. The first-order valence-corrected chi connectivity index (χ1v) is 8.91. The Labute approximate surface area is 153 Å². The van der Waals surface area contributed by atoms with Crippen molar-refractivity contribution in [2.45, 2.75) is 11.4 Å². The standard InChI is InChI=1S/C18H17N3O4S/c1-24-15-9-7-14(8-10-15)21-17(18(23)25-20-21)26-12-11-16(22)19-13-5-3-2-4-6-13/h2-10H,11-12H2,1H3,(H-,19,20,22,23)/p+1. The Morgan fingerprint density at radius 2 is 1.92 bits per heavy atom. The number of ether oxygens (including phenoxy) is 1. The number of amides is 1. The number of aromatic amines is 1. The summed E-state index contributed by atoms with van der Waals surface area (Å²) in [5, 5.41) is 5.76. The molecule has 7 nitrogen and oxygen atoms in total. The van der Waals surface area contributed by atoms with Crippen molar-refractivity contribution >= 4 is 23.4 Å². The number of H-pyrrole nitrogens is 1. The highest BCUT2D eigenvalue weighted by atomic mass is 32.2. The van der Waals surface area contributed by atoms with Gasteiger partial charge >= 0.3 is 10.7 Å². The van der Waals surface area contributed by atoms with E-state index in [1.165, 1.54) is 11.8 Å². The van der Waals surface area contributed by atoms with Crippen LogP contribution in [0.5, 0.6) is 5.75 Å². The van der Waals surface area contributed by atoms with Crippen molar-refractivity contribution < 1.29 is 18.7 Å². The third kappa shape index (κ3) is 4.34. The van der Waals surface area contributed by atoms with Gasteiger partial charge in [-0.15, -0.1) is 0 Å². The van der Waals surface area contributed by atoms with Crippen LogP contribution in [0.15, 0.2) is 68.9 Å². The van der Waals surface area contributed by atoms with Crippen molar-refractivity contribution in [3.63, 3.8) is 0 Å². The van der Waals surface area contributed by atoms with Crippen LogP contribution in [0, 0.1) is 0 Å². The van der Waals surface area contributed by atoms with E-state index >= 15 is 0 Å². The number of aromatic nitrogens is 2. The number of benzene rings is 2. The van der Waals surface area contributed by atoms with E-state index in [9.17, 15) is 9.59 Å². The second kappa shape index (κ2) is 8.39. The van der Waals surface area contributed by atoms with Gasteiger partial charge in [-0.1, -0.05) is 18.2 Å². The summed E-state index contributed by atoms with van der Waals surface area (Å²) in [4.78, 5) is 23.9. The monoisotopic (exact) mass is 372 g/mol. The molecule has 0 spiro atoms. The Morgan fingerprint density at radius 3 is 2.62 bits per heavy atom. The van der Waals surface area contributed by atoms with Gasteiger partial charge in [0.1, 0.15) is 5.75 Å². The van der Waals surface area contributed by atoms with Gasteiger partial charge in [0.2, 0.25) is 11.6 Å². The molecule has 0 saturated carbocycles. The van der Waals surface area contributed by atoms with Gasteiger partial charge in [0.15, 0.2) is 0 Å². The van der Waals surface area contributed by atoms with E-state index in [0.29, 0.717) is 16.5 Å². The van der Waals surface area contributed by atoms with E-state index in [1.807, 2.05) is 30.3 Å². The molecule has 2 N–H and O–H groups in total. The summed E-state index contributed by atoms with van der Waals surface area (Å²) in [6.07, 6.45) is 0.271. The zero-order valence-corrected chi connectivity index (χ0v) is 14.9. The summed E-state index contributed by atoms with van der Waals surface area (Å²) in [6, 6.07) is 16.4. The molecule has 0 aliphatic rings. The molecule has 134 valence electrons. The lowest BCUT2D eigenvalue weighted by molar-refractivity contribution is -0.704. The number of thioether (sulfide) groups is 1. The van der Waals surface area contributed by atoms with Gasteiger partial charge in [0.25, 0.3) is 0 Å². The van der Waals surface area contributed by atoms with Crippen LogP contribution in [0.4, 0.5) is 5.69 Å². The van der Waals surface area contributed by atoms with E-state index in [-0.39, 0.29) is 12.3 Å². The molecule has 3 rings (SSSR count). The van der Waals surface area contributed by atoms with Crippen LogP contribution in [-0.4, -0.2) is 24.0 Å². The fourth-order valence-electron chi connectivity index (χ4n) is 2.27. The number of anilines is 1. The van der Waals surface area contributed by atoms with Crippen molar-refractivity contribution in [3.8, 4) is 11.4 Å². The van der Waals surface area contributed by atoms with E-state index in [2.05, 4.69) is 10.6 Å². The first kappa shape index (κ1) is 17.8. The Balaban J connectivity index is 1.62. The molecule has 0 radical (unpaired) electrons. The van der Waals surface area contributed by atoms with Crippen molar-refractivity contribution in [1.29, 1.82) is 0 Å². The molecule has 0 aliphatic heterocycles. The van der Waals surface area contributed by atoms with Gasteiger partial charge in [0.05, 0.1) is 7.11 Å². The molecule has 0 saturated heterocycles. The van der Waals surface area contributed by atoms with Gasteiger partial charge in [-0.25, -0.2) is 4.79 Å². The summed E-state index contributed by atoms with van der Waals surface area (Å²) in [7, 11) is 1.59. The number of nitrogens with one attached hydrogen (secondary N) is 2. The first-order chi connectivity index (χ1) is 12.7. The maximum Gasteiger partial charge on any atom is 0.442 e. The van der Waals surface area contributed by atoms with Crippen molar-refractivity contribution in [1.82, 2.24) is 5.27 Å². The van der Waals surface area contributed by atoms with Crippen molar-refractivity contribution in [2.75, 3.05) is 18.2 Å². The largest absolute Gasteiger partial charge is 0.497 e. The Morgan fingerprint density at radius 1 is 1.19 bits per heavy atom. The molecule has 1 aromatic heterocycles. The Bertz CT molecular complexity index is 920. The number of rotatable bonds is 7. The SMILES string of the molecule is COc1ccc(-[n+]2[nH]oc(=O)c2SCCC(=O)Nc2ccccc2)cc1. The van der Waals surface area contributed by atoms with Gasteiger partial charge in [-0.3, -0.25) is 9.32 Å². The second-order valence-electron chi connectivity index (χ2n) is 5.33. The van der Waals surface area contributed by atoms with Crippen LogP contribution < -0.4 is 20.4 Å². The molecule has 0 fully saturated rings. The summed E-state index contributed by atoms with van der Waals surface area (Å²) in [6.45, 7) is 0. The normalized spacial score (nSPS) is 10.5. The molecule has 1 heterocycles. The fraction of sp³-hybridized carbons (Fsp3) is 0.167. The zero-order chi connectivity index (χ0) is 18.4. The number of para-hydroxylation sites is 1. The van der Waals surface area contributed by atoms with Crippen LogP contribution >= 0.6 is 11.8 Å². The van der Waals surface area contributed by atoms with Gasteiger partial charge in [0, 0.05) is 30.0 Å². The minimum atomic E-state index is -0.478. The van der Waals surface area contributed by atoms with Crippen LogP contribution in [0.25, 0.3) is 5.69 Å². The summed E-state index contributed by atoms with van der Waals surface area (Å²) in [5.74, 6) is 1.05. The molecule has 8 heteroatoms. The van der Waals surface area contributed by atoms with E-state index < -0.39 is 5.63 Å². The van der Waals surface area contributed by atoms with Crippen LogP contribution in [0.2, 0.25) is 0 Å². The smallest absolute Gasteiger partial charge is 0.442 e. The number of nitrogens with zero attached hydrogens (tertiary/aromatic N) is 1. The number of carbonyl (C=O) groups excluding carboxylic acids is 1. The zero-order valence-electron chi connectivity index (χ0n) is 14.1. The van der Waals surface area contributed by atoms with Crippen LogP contribution in [-0.2, 0) is 4.79 Å². The average molecular weight is 372 g/mol. The van der Waals surface area contributed by atoms with E-state index in [4.69, 9.17) is 9.26 Å². The Kier molecular flexibility index (Phi) is 5.75. The van der Waals surface area contributed by atoms with Crippen molar-refractivity contribution in [3.05, 3.63) is 65.0 Å². The summed E-state index contributed by atoms with van der Waals surface area (Å²) in [5.41, 5.74) is 0.999. The predicted molar refractivity (Wildman–Crippen MR) is 97.8 cm³/mol. The second-order valence-corrected chi connectivity index (χ2v) is 6.42. The molecule has 0 aliphatic carbocycles. The maximum atomic E-state index is 12.0. The van der Waals surface area contributed by atoms with Gasteiger partial charge in [-0.05, 0) is 46.0 Å². The average Bonchev–Trinajstić information content (AvgIpc) is 3.03. The molecule has 1 amide bonds. The highest BCUT2D eigenvalue weighted by Gasteiger charge is 2.24. The van der Waals surface area contributed by atoms with E-state index in [1.54, 1.807) is 36.1 Å². The molecule has 0 bridgehead atoms.